The zero-order chi connectivity index (χ0) is 12.1. The fourth-order valence-corrected chi connectivity index (χ4v) is 3.13. The number of rotatable bonds is 0. The maximum atomic E-state index is 3.60. The van der Waals surface area contributed by atoms with Gasteiger partial charge in [0.1, 0.15) is 0 Å². The molecule has 0 saturated carbocycles. The number of nitrogens with zero attached hydrogens (tertiary/aromatic N) is 1. The van der Waals surface area contributed by atoms with Crippen LogP contribution in [-0.4, -0.2) is 23.5 Å². The first-order valence-corrected chi connectivity index (χ1v) is 6.52. The van der Waals surface area contributed by atoms with Crippen LogP contribution in [0.5, 0.6) is 0 Å². The van der Waals surface area contributed by atoms with Gasteiger partial charge in [-0.2, -0.15) is 0 Å². The van der Waals surface area contributed by atoms with Gasteiger partial charge >= 0.3 is 0 Å². The van der Waals surface area contributed by atoms with E-state index in [0.29, 0.717) is 0 Å². The Balaban J connectivity index is 2.14. The Morgan fingerprint density at radius 3 is 2.94 bits per heavy atom. The van der Waals surface area contributed by atoms with Crippen molar-refractivity contribution < 1.29 is 0 Å². The van der Waals surface area contributed by atoms with Gasteiger partial charge in [0.25, 0.3) is 0 Å². The van der Waals surface area contributed by atoms with Crippen molar-refractivity contribution in [3.8, 4) is 0 Å². The number of fused-ring (bicyclic) bond motifs is 5. The number of likely N-dealkylation sites (N-methyl/N-ethyl adjacent to an activating group) is 1. The Morgan fingerprint density at radius 1 is 1.11 bits per heavy atom. The zero-order valence-corrected chi connectivity index (χ0v) is 10.5. The summed E-state index contributed by atoms with van der Waals surface area (Å²) in [6.07, 6.45) is 1.13. The van der Waals surface area contributed by atoms with Gasteiger partial charge in [0.2, 0.25) is 0 Å². The first-order chi connectivity index (χ1) is 8.83. The highest BCUT2D eigenvalue weighted by Crippen LogP contribution is 2.32. The minimum absolute atomic E-state index is 1.06. The standard InChI is InChI=1S/C16H16N2/c1-18-9-8-14-13(10-18)16-12-5-3-2-4-11(12)6-7-15(16)17-14/h2-7,17H,8-10H2,1H3. The van der Waals surface area contributed by atoms with Crippen molar-refractivity contribution in [2.45, 2.75) is 13.0 Å². The van der Waals surface area contributed by atoms with E-state index < -0.39 is 0 Å². The van der Waals surface area contributed by atoms with Gasteiger partial charge in [-0.05, 0) is 29.4 Å². The number of aromatic nitrogens is 1. The molecular weight excluding hydrogens is 220 g/mol. The lowest BCUT2D eigenvalue weighted by Crippen LogP contribution is -2.26. The second-order valence-corrected chi connectivity index (χ2v) is 5.28. The summed E-state index contributed by atoms with van der Waals surface area (Å²) in [5.74, 6) is 0. The summed E-state index contributed by atoms with van der Waals surface area (Å²) in [6.45, 7) is 2.21. The van der Waals surface area contributed by atoms with Crippen molar-refractivity contribution in [2.24, 2.45) is 0 Å². The topological polar surface area (TPSA) is 19.0 Å². The van der Waals surface area contributed by atoms with E-state index in [9.17, 15) is 0 Å². The first kappa shape index (κ1) is 10.2. The molecule has 3 aromatic rings. The Labute approximate surface area is 106 Å². The Bertz CT molecular complexity index is 739. The van der Waals surface area contributed by atoms with Crippen LogP contribution in [0.25, 0.3) is 21.7 Å². The molecule has 0 spiro atoms. The molecule has 2 nitrogen and oxygen atoms in total. The average Bonchev–Trinajstić information content (AvgIpc) is 2.77. The summed E-state index contributed by atoms with van der Waals surface area (Å²) in [4.78, 5) is 6.00. The molecule has 18 heavy (non-hydrogen) atoms. The molecular formula is C16H16N2. The average molecular weight is 236 g/mol. The quantitative estimate of drug-likeness (QED) is 0.634. The lowest BCUT2D eigenvalue weighted by Gasteiger charge is -2.22. The minimum Gasteiger partial charge on any atom is -0.358 e. The lowest BCUT2D eigenvalue weighted by atomic mass is 10.00. The third-order valence-corrected chi connectivity index (χ3v) is 4.05. The predicted molar refractivity (Wildman–Crippen MR) is 75.8 cm³/mol. The smallest absolute Gasteiger partial charge is 0.0465 e. The molecule has 0 radical (unpaired) electrons. The Hall–Kier alpha value is -1.80. The molecule has 4 rings (SSSR count). The summed E-state index contributed by atoms with van der Waals surface area (Å²) >= 11 is 0. The third-order valence-electron chi connectivity index (χ3n) is 4.05. The second kappa shape index (κ2) is 3.59. The van der Waals surface area contributed by atoms with Crippen LogP contribution in [0, 0.1) is 0 Å². The monoisotopic (exact) mass is 236 g/mol. The van der Waals surface area contributed by atoms with Crippen LogP contribution >= 0.6 is 0 Å². The van der Waals surface area contributed by atoms with Gasteiger partial charge in [-0.25, -0.2) is 0 Å². The van der Waals surface area contributed by atoms with Crippen LogP contribution < -0.4 is 0 Å². The molecule has 1 aliphatic rings. The van der Waals surface area contributed by atoms with E-state index in [1.165, 1.54) is 32.9 Å². The van der Waals surface area contributed by atoms with Gasteiger partial charge in [0.05, 0.1) is 0 Å². The minimum atomic E-state index is 1.06. The maximum Gasteiger partial charge on any atom is 0.0465 e. The van der Waals surface area contributed by atoms with E-state index in [4.69, 9.17) is 0 Å². The van der Waals surface area contributed by atoms with E-state index in [1.807, 2.05) is 0 Å². The molecule has 2 heteroatoms. The highest BCUT2D eigenvalue weighted by Gasteiger charge is 2.19. The molecule has 0 bridgehead atoms. The van der Waals surface area contributed by atoms with Crippen molar-refractivity contribution in [3.63, 3.8) is 0 Å². The molecule has 0 fully saturated rings. The molecule has 90 valence electrons. The number of nitrogens with one attached hydrogen (secondary N) is 1. The zero-order valence-electron chi connectivity index (χ0n) is 10.5. The first-order valence-electron chi connectivity index (χ1n) is 6.52. The molecule has 2 aromatic carbocycles. The number of H-pyrrole nitrogens is 1. The molecule has 1 aromatic heterocycles. The molecule has 0 unspecified atom stereocenters. The van der Waals surface area contributed by atoms with Crippen LogP contribution in [-0.2, 0) is 13.0 Å². The Morgan fingerprint density at radius 2 is 2.00 bits per heavy atom. The second-order valence-electron chi connectivity index (χ2n) is 5.28. The van der Waals surface area contributed by atoms with Gasteiger partial charge in [-0.3, -0.25) is 0 Å². The van der Waals surface area contributed by atoms with Crippen LogP contribution in [0.3, 0.4) is 0 Å². The molecule has 0 atom stereocenters. The highest BCUT2D eigenvalue weighted by atomic mass is 15.1. The van der Waals surface area contributed by atoms with Crippen LogP contribution in [0.1, 0.15) is 11.3 Å². The van der Waals surface area contributed by atoms with Crippen LogP contribution in [0.15, 0.2) is 36.4 Å². The maximum absolute atomic E-state index is 3.60. The van der Waals surface area contributed by atoms with Gasteiger partial charge < -0.3 is 9.88 Å². The van der Waals surface area contributed by atoms with Crippen molar-refractivity contribution in [2.75, 3.05) is 13.6 Å². The molecule has 0 aliphatic carbocycles. The molecule has 1 aliphatic heterocycles. The highest BCUT2D eigenvalue weighted by molar-refractivity contribution is 6.08. The summed E-state index contributed by atoms with van der Waals surface area (Å²) in [5.41, 5.74) is 4.21. The van der Waals surface area contributed by atoms with Crippen LogP contribution in [0.4, 0.5) is 0 Å². The van der Waals surface area contributed by atoms with E-state index in [-0.39, 0.29) is 0 Å². The predicted octanol–water partition coefficient (Wildman–Crippen LogP) is 3.31. The lowest BCUT2D eigenvalue weighted by molar-refractivity contribution is 0.313. The largest absolute Gasteiger partial charge is 0.358 e. The molecule has 1 N–H and O–H groups in total. The summed E-state index contributed by atoms with van der Waals surface area (Å²) in [7, 11) is 2.20. The van der Waals surface area contributed by atoms with Crippen molar-refractivity contribution in [1.82, 2.24) is 9.88 Å². The van der Waals surface area contributed by atoms with Crippen LogP contribution in [0.2, 0.25) is 0 Å². The Kier molecular flexibility index (Phi) is 2.03. The van der Waals surface area contributed by atoms with Gasteiger partial charge in [-0.1, -0.05) is 30.3 Å². The van der Waals surface area contributed by atoms with E-state index in [2.05, 4.69) is 53.3 Å². The summed E-state index contributed by atoms with van der Waals surface area (Å²) in [6, 6.07) is 13.1. The van der Waals surface area contributed by atoms with Crippen molar-refractivity contribution >= 4 is 21.7 Å². The van der Waals surface area contributed by atoms with E-state index in [1.54, 1.807) is 0 Å². The fraction of sp³-hybridized carbons (Fsp3) is 0.250. The van der Waals surface area contributed by atoms with Crippen molar-refractivity contribution in [1.29, 1.82) is 0 Å². The SMILES string of the molecule is CN1CCc2[nH]c3ccc4ccccc4c3c2C1. The van der Waals surface area contributed by atoms with E-state index in [0.717, 1.165) is 19.5 Å². The number of hydrogen-bond acceptors (Lipinski definition) is 1. The number of hydrogen-bond donors (Lipinski definition) is 1. The third kappa shape index (κ3) is 1.33. The van der Waals surface area contributed by atoms with E-state index >= 15 is 0 Å². The summed E-state index contributed by atoms with van der Waals surface area (Å²) in [5, 5.41) is 4.14. The van der Waals surface area contributed by atoms with Gasteiger partial charge in [0, 0.05) is 36.1 Å². The van der Waals surface area contributed by atoms with Crippen molar-refractivity contribution in [3.05, 3.63) is 47.7 Å². The number of aromatic amines is 1. The number of benzene rings is 2. The molecule has 0 amide bonds. The molecule has 2 heterocycles. The normalized spacial score (nSPS) is 16.3. The summed E-state index contributed by atoms with van der Waals surface area (Å²) < 4.78 is 0. The fourth-order valence-electron chi connectivity index (χ4n) is 3.13. The molecule has 0 saturated heterocycles. The van der Waals surface area contributed by atoms with Gasteiger partial charge in [0.15, 0.2) is 0 Å². The van der Waals surface area contributed by atoms with Gasteiger partial charge in [-0.15, -0.1) is 0 Å².